The SMILES string of the molecule is COC1(OC)CCCC=C1N=O. The molecule has 0 bridgehead atoms. The molecule has 68 valence electrons. The highest BCUT2D eigenvalue weighted by atomic mass is 16.7. The van der Waals surface area contributed by atoms with Crippen molar-refractivity contribution in [3.8, 4) is 0 Å². The molecule has 0 atom stereocenters. The van der Waals surface area contributed by atoms with E-state index in [4.69, 9.17) is 9.47 Å². The van der Waals surface area contributed by atoms with Gasteiger partial charge in [0, 0.05) is 20.6 Å². The molecule has 0 aliphatic heterocycles. The van der Waals surface area contributed by atoms with Crippen LogP contribution in [-0.4, -0.2) is 20.0 Å². The van der Waals surface area contributed by atoms with Crippen LogP contribution in [0.3, 0.4) is 0 Å². The highest BCUT2D eigenvalue weighted by Crippen LogP contribution is 2.33. The van der Waals surface area contributed by atoms with Crippen LogP contribution < -0.4 is 0 Å². The van der Waals surface area contributed by atoms with Crippen LogP contribution in [0.15, 0.2) is 16.9 Å². The number of allylic oxidation sites excluding steroid dienone is 1. The van der Waals surface area contributed by atoms with E-state index in [9.17, 15) is 4.91 Å². The maximum absolute atomic E-state index is 10.4. The lowest BCUT2D eigenvalue weighted by Gasteiger charge is -2.32. The molecule has 0 aromatic rings. The van der Waals surface area contributed by atoms with Crippen LogP contribution in [0.1, 0.15) is 19.3 Å². The highest BCUT2D eigenvalue weighted by molar-refractivity contribution is 5.14. The van der Waals surface area contributed by atoms with Gasteiger partial charge in [-0.15, -0.1) is 4.91 Å². The van der Waals surface area contributed by atoms with E-state index in [1.165, 1.54) is 14.2 Å². The van der Waals surface area contributed by atoms with Crippen LogP contribution in [0.2, 0.25) is 0 Å². The summed E-state index contributed by atoms with van der Waals surface area (Å²) in [6.45, 7) is 0. The van der Waals surface area contributed by atoms with Gasteiger partial charge in [-0.1, -0.05) is 6.08 Å². The molecule has 0 radical (unpaired) electrons. The molecule has 0 spiro atoms. The monoisotopic (exact) mass is 171 g/mol. The number of ether oxygens (including phenoxy) is 2. The molecule has 0 fully saturated rings. The van der Waals surface area contributed by atoms with Crippen LogP contribution in [0, 0.1) is 4.91 Å². The summed E-state index contributed by atoms with van der Waals surface area (Å²) < 4.78 is 10.3. The van der Waals surface area contributed by atoms with E-state index in [0.29, 0.717) is 12.1 Å². The quantitative estimate of drug-likeness (QED) is 0.480. The second-order valence-corrected chi connectivity index (χ2v) is 2.73. The van der Waals surface area contributed by atoms with E-state index in [1.807, 2.05) is 0 Å². The average molecular weight is 171 g/mol. The smallest absolute Gasteiger partial charge is 0.214 e. The third kappa shape index (κ3) is 1.40. The van der Waals surface area contributed by atoms with Gasteiger partial charge in [-0.3, -0.25) is 0 Å². The summed E-state index contributed by atoms with van der Waals surface area (Å²) in [5.74, 6) is -0.889. The Morgan fingerprint density at radius 3 is 2.58 bits per heavy atom. The number of hydrogen-bond acceptors (Lipinski definition) is 4. The fourth-order valence-electron chi connectivity index (χ4n) is 1.46. The molecule has 0 saturated carbocycles. The van der Waals surface area contributed by atoms with Crippen molar-refractivity contribution in [1.82, 2.24) is 0 Å². The predicted octanol–water partition coefficient (Wildman–Crippen LogP) is 1.81. The molecule has 0 amide bonds. The van der Waals surface area contributed by atoms with Crippen LogP contribution in [0.25, 0.3) is 0 Å². The van der Waals surface area contributed by atoms with Gasteiger partial charge in [-0.05, 0) is 18.0 Å². The molecule has 0 heterocycles. The minimum atomic E-state index is -0.889. The van der Waals surface area contributed by atoms with Crippen molar-refractivity contribution < 1.29 is 9.47 Å². The lowest BCUT2D eigenvalue weighted by Crippen LogP contribution is -2.36. The molecular formula is C8H13NO3. The molecule has 0 unspecified atom stereocenters. The molecule has 0 aromatic carbocycles. The first-order valence-corrected chi connectivity index (χ1v) is 3.93. The molecular weight excluding hydrogens is 158 g/mol. The molecule has 12 heavy (non-hydrogen) atoms. The Balaban J connectivity index is 2.90. The maximum atomic E-state index is 10.4. The fraction of sp³-hybridized carbons (Fsp3) is 0.750. The van der Waals surface area contributed by atoms with Crippen LogP contribution >= 0.6 is 0 Å². The lowest BCUT2D eigenvalue weighted by atomic mass is 9.98. The van der Waals surface area contributed by atoms with E-state index in [1.54, 1.807) is 6.08 Å². The number of nitroso groups, excluding NO2 is 1. The molecule has 4 heteroatoms. The van der Waals surface area contributed by atoms with E-state index in [-0.39, 0.29) is 0 Å². The van der Waals surface area contributed by atoms with Gasteiger partial charge in [0.2, 0.25) is 5.79 Å². The number of nitrogens with zero attached hydrogens (tertiary/aromatic N) is 1. The second-order valence-electron chi connectivity index (χ2n) is 2.73. The zero-order valence-electron chi connectivity index (χ0n) is 7.37. The van der Waals surface area contributed by atoms with E-state index < -0.39 is 5.79 Å². The molecule has 0 N–H and O–H groups in total. The van der Waals surface area contributed by atoms with Gasteiger partial charge in [0.05, 0.1) is 0 Å². The Morgan fingerprint density at radius 2 is 2.17 bits per heavy atom. The van der Waals surface area contributed by atoms with Crippen molar-refractivity contribution in [2.45, 2.75) is 25.0 Å². The van der Waals surface area contributed by atoms with Gasteiger partial charge in [-0.25, -0.2) is 0 Å². The van der Waals surface area contributed by atoms with Gasteiger partial charge in [0.1, 0.15) is 5.70 Å². The van der Waals surface area contributed by atoms with Crippen molar-refractivity contribution in [2.75, 3.05) is 14.2 Å². The summed E-state index contributed by atoms with van der Waals surface area (Å²) >= 11 is 0. The van der Waals surface area contributed by atoms with Gasteiger partial charge in [0.15, 0.2) is 0 Å². The Hall–Kier alpha value is -0.740. The molecule has 0 aromatic heterocycles. The van der Waals surface area contributed by atoms with Crippen LogP contribution in [-0.2, 0) is 9.47 Å². The molecule has 1 aliphatic carbocycles. The van der Waals surface area contributed by atoms with Gasteiger partial charge >= 0.3 is 0 Å². The minimum Gasteiger partial charge on any atom is -0.348 e. The van der Waals surface area contributed by atoms with E-state index >= 15 is 0 Å². The molecule has 1 rings (SSSR count). The summed E-state index contributed by atoms with van der Waals surface area (Å²) in [5.41, 5.74) is 0.360. The zero-order valence-corrected chi connectivity index (χ0v) is 7.37. The summed E-state index contributed by atoms with van der Waals surface area (Å²) in [6, 6.07) is 0. The molecule has 1 aliphatic rings. The number of methoxy groups -OCH3 is 2. The molecule has 4 nitrogen and oxygen atoms in total. The normalized spacial score (nSPS) is 21.7. The van der Waals surface area contributed by atoms with Gasteiger partial charge in [0.25, 0.3) is 0 Å². The third-order valence-electron chi connectivity index (χ3n) is 2.20. The van der Waals surface area contributed by atoms with E-state index in [2.05, 4.69) is 5.18 Å². The maximum Gasteiger partial charge on any atom is 0.214 e. The van der Waals surface area contributed by atoms with Crippen molar-refractivity contribution in [3.05, 3.63) is 16.7 Å². The standard InChI is InChI=1S/C8H13NO3/c1-11-8(12-2)6-4-3-5-7(8)9-10/h5H,3-4,6H2,1-2H3. The predicted molar refractivity (Wildman–Crippen MR) is 44.5 cm³/mol. The van der Waals surface area contributed by atoms with Gasteiger partial charge in [-0.2, -0.15) is 0 Å². The molecule has 0 saturated heterocycles. The summed E-state index contributed by atoms with van der Waals surface area (Å²) in [6.07, 6.45) is 4.29. The summed E-state index contributed by atoms with van der Waals surface area (Å²) in [4.78, 5) is 10.4. The first kappa shape index (κ1) is 9.35. The van der Waals surface area contributed by atoms with E-state index in [0.717, 1.165) is 12.8 Å². The summed E-state index contributed by atoms with van der Waals surface area (Å²) in [7, 11) is 3.04. The van der Waals surface area contributed by atoms with Crippen molar-refractivity contribution in [3.63, 3.8) is 0 Å². The highest BCUT2D eigenvalue weighted by Gasteiger charge is 2.37. The second kappa shape index (κ2) is 3.78. The third-order valence-corrected chi connectivity index (χ3v) is 2.20. The fourth-order valence-corrected chi connectivity index (χ4v) is 1.46. The Morgan fingerprint density at radius 1 is 1.50 bits per heavy atom. The number of rotatable bonds is 3. The van der Waals surface area contributed by atoms with Crippen molar-refractivity contribution in [2.24, 2.45) is 5.18 Å². The Bertz CT molecular complexity index is 196. The largest absolute Gasteiger partial charge is 0.348 e. The Kier molecular flexibility index (Phi) is 2.94. The Labute approximate surface area is 71.5 Å². The zero-order chi connectivity index (χ0) is 9.03. The van der Waals surface area contributed by atoms with Gasteiger partial charge < -0.3 is 9.47 Å². The topological polar surface area (TPSA) is 47.9 Å². The first-order chi connectivity index (χ1) is 5.79. The summed E-state index contributed by atoms with van der Waals surface area (Å²) in [5, 5.41) is 2.90. The average Bonchev–Trinajstić information content (AvgIpc) is 2.17. The number of hydrogen-bond donors (Lipinski definition) is 0. The van der Waals surface area contributed by atoms with Crippen molar-refractivity contribution >= 4 is 0 Å². The minimum absolute atomic E-state index is 0.360. The van der Waals surface area contributed by atoms with Crippen LogP contribution in [0.5, 0.6) is 0 Å². The van der Waals surface area contributed by atoms with Crippen molar-refractivity contribution in [1.29, 1.82) is 0 Å². The van der Waals surface area contributed by atoms with Crippen LogP contribution in [0.4, 0.5) is 0 Å². The lowest BCUT2D eigenvalue weighted by molar-refractivity contribution is -0.186. The first-order valence-electron chi connectivity index (χ1n) is 3.93.